The third-order valence-corrected chi connectivity index (χ3v) is 8.15. The number of aryl methyl sites for hydroxylation is 2. The summed E-state index contributed by atoms with van der Waals surface area (Å²) in [5, 5.41) is 28.6. The molecule has 44 heavy (non-hydrogen) atoms. The van der Waals surface area contributed by atoms with Crippen LogP contribution in [-0.4, -0.2) is 101 Å². The van der Waals surface area contributed by atoms with E-state index < -0.39 is 23.6 Å². The van der Waals surface area contributed by atoms with E-state index in [1.807, 2.05) is 18.2 Å². The molecule has 5 rings (SSSR count). The maximum absolute atomic E-state index is 15.8. The quantitative estimate of drug-likeness (QED) is 0.276. The molecule has 0 bridgehead atoms. The number of anilines is 2. The summed E-state index contributed by atoms with van der Waals surface area (Å²) < 4.78 is 21.3. The number of aliphatic carboxylic acids is 3. The molecular weight excluding hydrogens is 571 g/mol. The van der Waals surface area contributed by atoms with Crippen molar-refractivity contribution in [3.8, 4) is 0 Å². The Morgan fingerprint density at radius 1 is 1.07 bits per heavy atom. The predicted molar refractivity (Wildman–Crippen MR) is 163 cm³/mol. The second-order valence-electron chi connectivity index (χ2n) is 11.5. The molecule has 0 saturated carbocycles. The van der Waals surface area contributed by atoms with Crippen molar-refractivity contribution < 1.29 is 38.8 Å². The molecule has 1 unspecified atom stereocenters. The van der Waals surface area contributed by atoms with Crippen LogP contribution in [0.2, 0.25) is 0 Å². The highest BCUT2D eigenvalue weighted by atomic mass is 19.1. The van der Waals surface area contributed by atoms with Gasteiger partial charge in [-0.1, -0.05) is 18.2 Å². The van der Waals surface area contributed by atoms with Gasteiger partial charge >= 0.3 is 17.9 Å². The number of aromatic nitrogens is 1. The molecule has 0 radical (unpaired) electrons. The molecule has 1 aromatic heterocycles. The van der Waals surface area contributed by atoms with Gasteiger partial charge in [-0.3, -0.25) is 9.69 Å². The first kappa shape index (κ1) is 32.9. The lowest BCUT2D eigenvalue weighted by Gasteiger charge is -2.30. The van der Waals surface area contributed by atoms with E-state index in [2.05, 4.69) is 33.3 Å². The number of fused-ring (bicyclic) bond motifs is 1. The smallest absolute Gasteiger partial charge is 0.328 e. The lowest BCUT2D eigenvalue weighted by atomic mass is 9.94. The van der Waals surface area contributed by atoms with Crippen LogP contribution in [0.25, 0.3) is 0 Å². The molecule has 2 fully saturated rings. The van der Waals surface area contributed by atoms with Crippen molar-refractivity contribution in [2.45, 2.75) is 50.1 Å². The molecule has 4 heterocycles. The molecule has 0 spiro atoms. The van der Waals surface area contributed by atoms with Gasteiger partial charge in [0.1, 0.15) is 11.5 Å². The zero-order valence-corrected chi connectivity index (χ0v) is 24.8. The molecule has 4 N–H and O–H groups in total. The van der Waals surface area contributed by atoms with E-state index in [0.29, 0.717) is 64.3 Å². The van der Waals surface area contributed by atoms with Crippen molar-refractivity contribution in [2.24, 2.45) is 0 Å². The number of likely N-dealkylation sites (tertiary alicyclic amines) is 1. The first-order chi connectivity index (χ1) is 21.1. The minimum atomic E-state index is -1.27. The minimum absolute atomic E-state index is 0.0361. The molecule has 2 atom stereocenters. The van der Waals surface area contributed by atoms with E-state index in [0.717, 1.165) is 55.2 Å². The van der Waals surface area contributed by atoms with Gasteiger partial charge in [-0.25, -0.2) is 19.0 Å². The number of alkyl halides is 1. The molecule has 2 aromatic rings. The van der Waals surface area contributed by atoms with Gasteiger partial charge in [0.2, 0.25) is 0 Å². The van der Waals surface area contributed by atoms with E-state index >= 15 is 4.39 Å². The van der Waals surface area contributed by atoms with Crippen molar-refractivity contribution in [1.29, 1.82) is 0 Å². The lowest BCUT2D eigenvalue weighted by molar-refractivity contribution is -0.137. The fourth-order valence-electron chi connectivity index (χ4n) is 5.89. The number of benzene rings is 1. The summed E-state index contributed by atoms with van der Waals surface area (Å²) >= 11 is 0. The fraction of sp³-hybridized carbons (Fsp3) is 0.500. The zero-order valence-electron chi connectivity index (χ0n) is 24.8. The monoisotopic (exact) mass is 612 g/mol. The fourth-order valence-corrected chi connectivity index (χ4v) is 5.89. The maximum atomic E-state index is 15.8. The first-order valence-corrected chi connectivity index (χ1v) is 15.0. The van der Waals surface area contributed by atoms with Gasteiger partial charge in [0.05, 0.1) is 19.6 Å². The van der Waals surface area contributed by atoms with Crippen molar-refractivity contribution in [1.82, 2.24) is 9.88 Å². The number of halogens is 1. The summed E-state index contributed by atoms with van der Waals surface area (Å²) in [6.45, 7) is 5.55. The summed E-state index contributed by atoms with van der Waals surface area (Å²) in [6, 6.07) is 12.3. The van der Waals surface area contributed by atoms with Gasteiger partial charge in [0, 0.05) is 68.7 Å². The van der Waals surface area contributed by atoms with Gasteiger partial charge in [-0.05, 0) is 61.4 Å². The van der Waals surface area contributed by atoms with Crippen molar-refractivity contribution in [3.63, 3.8) is 0 Å². The number of carboxylic acids is 3. The number of carboxylic acid groups (broad SMARTS) is 3. The number of ether oxygens (including phenoxy) is 1. The summed E-state index contributed by atoms with van der Waals surface area (Å²) in [5.41, 5.74) is 3.01. The van der Waals surface area contributed by atoms with Crippen molar-refractivity contribution in [3.05, 3.63) is 65.4 Å². The Kier molecular flexibility index (Phi) is 11.7. The van der Waals surface area contributed by atoms with E-state index in [1.54, 1.807) is 0 Å². The van der Waals surface area contributed by atoms with E-state index in [9.17, 15) is 19.5 Å². The molecule has 1 aromatic carbocycles. The molecule has 11 nitrogen and oxygen atoms in total. The normalized spacial score (nSPS) is 20.7. The minimum Gasteiger partial charge on any atom is -0.481 e. The maximum Gasteiger partial charge on any atom is 0.328 e. The SMILES string of the molecule is O=C(O)/C=C\C(=O)O.O=C(O)CC(CN1CC[C@@](F)(CCc2ccc3c(n2)NCCC3)C1)c1cccc(N2CCOCC2)c1. The first-order valence-electron chi connectivity index (χ1n) is 15.0. The number of carbonyl (C=O) groups is 3. The predicted octanol–water partition coefficient (Wildman–Crippen LogP) is 3.59. The summed E-state index contributed by atoms with van der Waals surface area (Å²) in [6.07, 6.45) is 4.84. The van der Waals surface area contributed by atoms with Crippen LogP contribution in [0, 0.1) is 0 Å². The van der Waals surface area contributed by atoms with Crippen LogP contribution in [0.3, 0.4) is 0 Å². The van der Waals surface area contributed by atoms with Crippen LogP contribution in [0.5, 0.6) is 0 Å². The Morgan fingerprint density at radius 3 is 2.52 bits per heavy atom. The number of morpholine rings is 1. The molecule has 12 heteroatoms. The van der Waals surface area contributed by atoms with Crippen LogP contribution < -0.4 is 10.2 Å². The highest BCUT2D eigenvalue weighted by molar-refractivity contribution is 5.89. The lowest BCUT2D eigenvalue weighted by Crippen LogP contribution is -2.36. The third-order valence-electron chi connectivity index (χ3n) is 8.15. The molecular formula is C32H41FN4O7. The van der Waals surface area contributed by atoms with Gasteiger partial charge in [-0.15, -0.1) is 0 Å². The molecule has 3 aliphatic rings. The third kappa shape index (κ3) is 10.0. The second kappa shape index (κ2) is 15.6. The number of nitrogens with one attached hydrogen (secondary N) is 1. The Labute approximate surface area is 256 Å². The summed E-state index contributed by atoms with van der Waals surface area (Å²) in [5.74, 6) is -2.57. The number of nitrogens with zero attached hydrogens (tertiary/aromatic N) is 3. The van der Waals surface area contributed by atoms with Crippen molar-refractivity contribution in [2.75, 3.05) is 62.7 Å². The van der Waals surface area contributed by atoms with Crippen molar-refractivity contribution >= 4 is 29.4 Å². The largest absolute Gasteiger partial charge is 0.481 e. The molecule has 0 amide bonds. The van der Waals surface area contributed by atoms with Gasteiger partial charge in [0.25, 0.3) is 0 Å². The van der Waals surface area contributed by atoms with Crippen LogP contribution in [0.1, 0.15) is 48.4 Å². The van der Waals surface area contributed by atoms with Gasteiger partial charge in [-0.2, -0.15) is 0 Å². The average molecular weight is 613 g/mol. The molecule has 0 aliphatic carbocycles. The van der Waals surface area contributed by atoms with Crippen LogP contribution in [0.4, 0.5) is 15.9 Å². The Hall–Kier alpha value is -4.03. The van der Waals surface area contributed by atoms with Crippen LogP contribution >= 0.6 is 0 Å². The number of hydrogen-bond donors (Lipinski definition) is 4. The van der Waals surface area contributed by atoms with Crippen LogP contribution in [-0.2, 0) is 32.0 Å². The van der Waals surface area contributed by atoms with Gasteiger partial charge < -0.3 is 30.3 Å². The van der Waals surface area contributed by atoms with Crippen LogP contribution in [0.15, 0.2) is 48.6 Å². The number of hydrogen-bond acceptors (Lipinski definition) is 8. The highest BCUT2D eigenvalue weighted by Gasteiger charge is 2.39. The van der Waals surface area contributed by atoms with Gasteiger partial charge in [0.15, 0.2) is 0 Å². The standard InChI is InChI=1S/C28H37FN4O3.C4H4O4/c29-28(9-8-24-7-6-21-4-2-11-30-27(21)31-24)10-12-32(20-28)19-23(18-26(34)35)22-3-1-5-25(17-22)33-13-15-36-16-14-33;5-3(6)1-2-4(7)8/h1,3,5-7,17,23H,2,4,8-16,18-20H2,(H,30,31)(H,34,35);1-2H,(H,5,6)(H,7,8)/b;2-1-/t23?,28-;/m0./s1. The second-order valence-corrected chi connectivity index (χ2v) is 11.5. The Balaban J connectivity index is 0.000000488. The Bertz CT molecular complexity index is 1320. The molecule has 238 valence electrons. The topological polar surface area (TPSA) is 153 Å². The Morgan fingerprint density at radius 2 is 1.82 bits per heavy atom. The summed E-state index contributed by atoms with van der Waals surface area (Å²) in [4.78, 5) is 39.9. The molecule has 3 aliphatic heterocycles. The van der Waals surface area contributed by atoms with E-state index in [-0.39, 0.29) is 12.3 Å². The highest BCUT2D eigenvalue weighted by Crippen LogP contribution is 2.34. The molecule has 2 saturated heterocycles. The number of rotatable bonds is 11. The summed E-state index contributed by atoms with van der Waals surface area (Å²) in [7, 11) is 0. The average Bonchev–Trinajstić information content (AvgIpc) is 3.39. The van der Waals surface area contributed by atoms with E-state index in [1.165, 1.54) is 5.56 Å². The zero-order chi connectivity index (χ0) is 31.5. The van der Waals surface area contributed by atoms with E-state index in [4.69, 9.17) is 19.9 Å². The number of pyridine rings is 1.